The summed E-state index contributed by atoms with van der Waals surface area (Å²) in [7, 11) is 0. The number of rotatable bonds is 3. The lowest BCUT2D eigenvalue weighted by Crippen LogP contribution is -2.02. The number of fused-ring (bicyclic) bond motifs is 1. The Hall–Kier alpha value is -0.970. The van der Waals surface area contributed by atoms with E-state index in [2.05, 4.69) is 9.55 Å². The van der Waals surface area contributed by atoms with E-state index in [1.165, 1.54) is 0 Å². The van der Waals surface area contributed by atoms with E-state index < -0.39 is 0 Å². The summed E-state index contributed by atoms with van der Waals surface area (Å²) >= 11 is 0. The van der Waals surface area contributed by atoms with Crippen LogP contribution < -0.4 is 5.73 Å². The van der Waals surface area contributed by atoms with Gasteiger partial charge in [0.25, 0.3) is 0 Å². The Morgan fingerprint density at radius 2 is 2.06 bits per heavy atom. The second-order valence-corrected chi connectivity index (χ2v) is 3.64. The van der Waals surface area contributed by atoms with Crippen LogP contribution in [0.5, 0.6) is 0 Å². The predicted octanol–water partition coefficient (Wildman–Crippen LogP) is 2.15. The number of imidazole rings is 1. The SMILES string of the molecule is Cc1nc2cc(N)ccc2n1CCCO.Cl.Cl. The minimum Gasteiger partial charge on any atom is -0.399 e. The topological polar surface area (TPSA) is 64.1 Å². The molecule has 96 valence electrons. The van der Waals surface area contributed by atoms with Gasteiger partial charge in [-0.25, -0.2) is 4.98 Å². The van der Waals surface area contributed by atoms with Crippen molar-refractivity contribution >= 4 is 41.5 Å². The summed E-state index contributed by atoms with van der Waals surface area (Å²) < 4.78 is 2.10. The van der Waals surface area contributed by atoms with Crippen LogP contribution >= 0.6 is 24.8 Å². The van der Waals surface area contributed by atoms with Crippen molar-refractivity contribution in [1.82, 2.24) is 9.55 Å². The highest BCUT2D eigenvalue weighted by molar-refractivity contribution is 5.85. The summed E-state index contributed by atoms with van der Waals surface area (Å²) in [5, 5.41) is 8.82. The number of benzene rings is 1. The van der Waals surface area contributed by atoms with Gasteiger partial charge in [0, 0.05) is 18.8 Å². The number of nitrogens with zero attached hydrogens (tertiary/aromatic N) is 2. The monoisotopic (exact) mass is 277 g/mol. The average Bonchev–Trinajstić information content (AvgIpc) is 2.50. The molecule has 0 radical (unpaired) electrons. The Bertz CT molecular complexity index is 485. The van der Waals surface area contributed by atoms with E-state index in [-0.39, 0.29) is 31.4 Å². The maximum absolute atomic E-state index is 8.82. The predicted molar refractivity (Wildman–Crippen MR) is 75.1 cm³/mol. The number of halogens is 2. The highest BCUT2D eigenvalue weighted by atomic mass is 35.5. The molecule has 4 nitrogen and oxygen atoms in total. The first-order valence-corrected chi connectivity index (χ1v) is 5.05. The van der Waals surface area contributed by atoms with E-state index in [0.717, 1.165) is 35.5 Å². The maximum atomic E-state index is 8.82. The Morgan fingerprint density at radius 3 is 2.71 bits per heavy atom. The van der Waals surface area contributed by atoms with Crippen LogP contribution in [-0.4, -0.2) is 21.3 Å². The molecule has 6 heteroatoms. The molecule has 0 aliphatic rings. The summed E-state index contributed by atoms with van der Waals surface area (Å²) in [6, 6.07) is 5.72. The molecule has 0 spiro atoms. The van der Waals surface area contributed by atoms with E-state index in [1.54, 1.807) is 0 Å². The van der Waals surface area contributed by atoms with Gasteiger partial charge in [0.15, 0.2) is 0 Å². The molecule has 2 rings (SSSR count). The third-order valence-electron chi connectivity index (χ3n) is 2.50. The summed E-state index contributed by atoms with van der Waals surface area (Å²) in [6.45, 7) is 2.96. The average molecular weight is 278 g/mol. The van der Waals surface area contributed by atoms with Gasteiger partial charge in [0.2, 0.25) is 0 Å². The molecule has 0 amide bonds. The van der Waals surface area contributed by atoms with E-state index >= 15 is 0 Å². The zero-order valence-electron chi connectivity index (χ0n) is 9.59. The number of hydrogen-bond donors (Lipinski definition) is 2. The number of anilines is 1. The lowest BCUT2D eigenvalue weighted by molar-refractivity contribution is 0.280. The number of aliphatic hydroxyl groups is 1. The van der Waals surface area contributed by atoms with Crippen LogP contribution in [0.25, 0.3) is 11.0 Å². The van der Waals surface area contributed by atoms with E-state index in [9.17, 15) is 0 Å². The lowest BCUT2D eigenvalue weighted by atomic mass is 10.3. The third-order valence-corrected chi connectivity index (χ3v) is 2.50. The number of nitrogens with two attached hydrogens (primary N) is 1. The second kappa shape index (κ2) is 6.69. The van der Waals surface area contributed by atoms with Crippen LogP contribution in [0.15, 0.2) is 18.2 Å². The van der Waals surface area contributed by atoms with Crippen molar-refractivity contribution in [2.24, 2.45) is 0 Å². The lowest BCUT2D eigenvalue weighted by Gasteiger charge is -2.04. The number of nitrogen functional groups attached to an aromatic ring is 1. The molecule has 1 aromatic heterocycles. The van der Waals surface area contributed by atoms with Gasteiger partial charge in [-0.1, -0.05) is 0 Å². The number of aromatic nitrogens is 2. The van der Waals surface area contributed by atoms with Gasteiger partial charge in [-0.05, 0) is 31.5 Å². The number of aryl methyl sites for hydroxylation is 2. The molecule has 0 saturated heterocycles. The first-order chi connectivity index (χ1) is 7.22. The van der Waals surface area contributed by atoms with Gasteiger partial charge in [-0.2, -0.15) is 0 Å². The molecular weight excluding hydrogens is 261 g/mol. The minimum absolute atomic E-state index is 0. The van der Waals surface area contributed by atoms with Gasteiger partial charge in [0.1, 0.15) is 5.82 Å². The zero-order valence-corrected chi connectivity index (χ0v) is 11.2. The van der Waals surface area contributed by atoms with E-state index in [4.69, 9.17) is 10.8 Å². The quantitative estimate of drug-likeness (QED) is 0.845. The fraction of sp³-hybridized carbons (Fsp3) is 0.364. The number of hydrogen-bond acceptors (Lipinski definition) is 3. The fourth-order valence-electron chi connectivity index (χ4n) is 1.78. The fourth-order valence-corrected chi connectivity index (χ4v) is 1.78. The molecule has 1 heterocycles. The molecule has 3 N–H and O–H groups in total. The summed E-state index contributed by atoms with van der Waals surface area (Å²) in [6.07, 6.45) is 0.747. The van der Waals surface area contributed by atoms with E-state index in [1.807, 2.05) is 25.1 Å². The molecule has 0 fully saturated rings. The summed E-state index contributed by atoms with van der Waals surface area (Å²) in [5.74, 6) is 0.962. The largest absolute Gasteiger partial charge is 0.399 e. The van der Waals surface area contributed by atoms with Gasteiger partial charge >= 0.3 is 0 Å². The van der Waals surface area contributed by atoms with Crippen LogP contribution in [-0.2, 0) is 6.54 Å². The van der Waals surface area contributed by atoms with Crippen molar-refractivity contribution in [3.05, 3.63) is 24.0 Å². The number of aliphatic hydroxyl groups excluding tert-OH is 1. The molecule has 0 saturated carbocycles. The molecular formula is C11H17Cl2N3O. The van der Waals surface area contributed by atoms with Crippen molar-refractivity contribution in [3.8, 4) is 0 Å². The van der Waals surface area contributed by atoms with Crippen LogP contribution in [0.4, 0.5) is 5.69 Å². The standard InChI is InChI=1S/C11H15N3O.2ClH/c1-8-13-10-7-9(12)3-4-11(10)14(8)5-2-6-15;;/h3-4,7,15H,2,5-6,12H2,1H3;2*1H. The highest BCUT2D eigenvalue weighted by Crippen LogP contribution is 2.18. The molecule has 0 atom stereocenters. The third kappa shape index (κ3) is 3.25. The minimum atomic E-state index is 0. The Labute approximate surface area is 113 Å². The van der Waals surface area contributed by atoms with Gasteiger partial charge in [-0.15, -0.1) is 24.8 Å². The van der Waals surface area contributed by atoms with Gasteiger partial charge < -0.3 is 15.4 Å². The highest BCUT2D eigenvalue weighted by Gasteiger charge is 2.06. The van der Waals surface area contributed by atoms with E-state index in [0.29, 0.717) is 0 Å². The van der Waals surface area contributed by atoms with Crippen LogP contribution in [0.3, 0.4) is 0 Å². The molecule has 0 bridgehead atoms. The molecule has 0 aliphatic heterocycles. The van der Waals surface area contributed by atoms with Gasteiger partial charge in [0.05, 0.1) is 11.0 Å². The van der Waals surface area contributed by atoms with Gasteiger partial charge in [-0.3, -0.25) is 0 Å². The first kappa shape index (κ1) is 16.0. The second-order valence-electron chi connectivity index (χ2n) is 3.64. The van der Waals surface area contributed by atoms with Crippen molar-refractivity contribution in [2.75, 3.05) is 12.3 Å². The molecule has 17 heavy (non-hydrogen) atoms. The maximum Gasteiger partial charge on any atom is 0.106 e. The molecule has 0 aliphatic carbocycles. The summed E-state index contributed by atoms with van der Waals surface area (Å²) in [4.78, 5) is 4.43. The Kier molecular flexibility index (Phi) is 6.31. The van der Waals surface area contributed by atoms with Crippen molar-refractivity contribution in [2.45, 2.75) is 19.9 Å². The zero-order chi connectivity index (χ0) is 10.8. The Balaban J connectivity index is 0.00000128. The van der Waals surface area contributed by atoms with Crippen LogP contribution in [0.2, 0.25) is 0 Å². The van der Waals surface area contributed by atoms with Crippen molar-refractivity contribution in [3.63, 3.8) is 0 Å². The first-order valence-electron chi connectivity index (χ1n) is 5.05. The van der Waals surface area contributed by atoms with Crippen molar-refractivity contribution in [1.29, 1.82) is 0 Å². The molecule has 2 aromatic rings. The van der Waals surface area contributed by atoms with Crippen LogP contribution in [0, 0.1) is 6.92 Å². The van der Waals surface area contributed by atoms with Crippen molar-refractivity contribution < 1.29 is 5.11 Å². The molecule has 0 unspecified atom stereocenters. The Morgan fingerprint density at radius 1 is 1.35 bits per heavy atom. The summed E-state index contributed by atoms with van der Waals surface area (Å²) in [5.41, 5.74) is 8.43. The molecule has 1 aromatic carbocycles. The normalized spacial score (nSPS) is 9.76. The smallest absolute Gasteiger partial charge is 0.106 e. The van der Waals surface area contributed by atoms with Crippen LogP contribution in [0.1, 0.15) is 12.2 Å².